The van der Waals surface area contributed by atoms with Gasteiger partial charge in [0, 0.05) is 25.2 Å². The first-order chi connectivity index (χ1) is 7.22. The highest BCUT2D eigenvalue weighted by Gasteiger charge is 2.29. The minimum atomic E-state index is -0.0892. The molecule has 0 saturated carbocycles. The Labute approximate surface area is 88.6 Å². The van der Waals surface area contributed by atoms with E-state index in [-0.39, 0.29) is 18.0 Å². The lowest BCUT2D eigenvalue weighted by atomic mass is 9.96. The van der Waals surface area contributed by atoms with E-state index in [0.29, 0.717) is 6.42 Å². The van der Waals surface area contributed by atoms with Crippen LogP contribution in [0.4, 0.5) is 0 Å². The van der Waals surface area contributed by atoms with Gasteiger partial charge in [0.05, 0.1) is 11.7 Å². The number of aromatic nitrogens is 2. The fourth-order valence-corrected chi connectivity index (χ4v) is 1.98. The molecule has 0 spiro atoms. The second-order valence-electron chi connectivity index (χ2n) is 3.82. The zero-order valence-electron chi connectivity index (χ0n) is 8.81. The predicted molar refractivity (Wildman–Crippen MR) is 56.0 cm³/mol. The first-order valence-corrected chi connectivity index (χ1v) is 5.29. The van der Waals surface area contributed by atoms with Crippen molar-refractivity contribution in [3.05, 3.63) is 18.0 Å². The van der Waals surface area contributed by atoms with E-state index in [9.17, 15) is 4.79 Å². The largest absolute Gasteiger partial charge is 0.346 e. The van der Waals surface area contributed by atoms with Crippen LogP contribution in [0.1, 0.15) is 31.5 Å². The van der Waals surface area contributed by atoms with Crippen molar-refractivity contribution in [3.8, 4) is 0 Å². The molecule has 1 fully saturated rings. The van der Waals surface area contributed by atoms with Crippen molar-refractivity contribution in [1.29, 1.82) is 0 Å². The third kappa shape index (κ3) is 1.87. The molecule has 1 aromatic heterocycles. The molecule has 3 N–H and O–H groups in total. The Bertz CT molecular complexity index is 360. The molecule has 2 heterocycles. The Balaban J connectivity index is 2.24. The Hall–Kier alpha value is -1.36. The van der Waals surface area contributed by atoms with Crippen molar-refractivity contribution in [2.24, 2.45) is 5.73 Å². The van der Waals surface area contributed by atoms with Crippen LogP contribution in [-0.2, 0) is 11.3 Å². The molecule has 15 heavy (non-hydrogen) atoms. The summed E-state index contributed by atoms with van der Waals surface area (Å²) in [7, 11) is 0. The molecule has 5 heteroatoms. The molecule has 0 bridgehead atoms. The van der Waals surface area contributed by atoms with Crippen LogP contribution < -0.4 is 11.1 Å². The maximum Gasteiger partial charge on any atom is 0.220 e. The highest BCUT2D eigenvalue weighted by molar-refractivity contribution is 5.77. The van der Waals surface area contributed by atoms with Crippen molar-refractivity contribution in [3.63, 3.8) is 0 Å². The average molecular weight is 208 g/mol. The van der Waals surface area contributed by atoms with Gasteiger partial charge in [-0.05, 0) is 19.4 Å². The number of piperidine rings is 1. The van der Waals surface area contributed by atoms with E-state index in [1.54, 1.807) is 6.20 Å². The van der Waals surface area contributed by atoms with E-state index in [4.69, 9.17) is 5.73 Å². The van der Waals surface area contributed by atoms with Gasteiger partial charge in [0.1, 0.15) is 0 Å². The van der Waals surface area contributed by atoms with Gasteiger partial charge >= 0.3 is 0 Å². The minimum absolute atomic E-state index is 0.00954. The van der Waals surface area contributed by atoms with E-state index in [1.807, 2.05) is 17.7 Å². The highest BCUT2D eigenvalue weighted by Crippen LogP contribution is 2.22. The summed E-state index contributed by atoms with van der Waals surface area (Å²) in [4.78, 5) is 11.3. The Morgan fingerprint density at radius 2 is 2.53 bits per heavy atom. The van der Waals surface area contributed by atoms with E-state index in [0.717, 1.165) is 18.7 Å². The van der Waals surface area contributed by atoms with Crippen LogP contribution >= 0.6 is 0 Å². The molecule has 2 atom stereocenters. The molecule has 2 rings (SSSR count). The number of hydrogen-bond donors (Lipinski definition) is 2. The summed E-state index contributed by atoms with van der Waals surface area (Å²) in [6.07, 6.45) is 3.01. The standard InChI is InChI=1S/C10H16N4O/c1-2-14-8(5-6-12-14)10-7(11)3-4-9(15)13-10/h5-7,10H,2-4,11H2,1H3,(H,13,15)/t7-,10+/m0/s1. The zero-order valence-corrected chi connectivity index (χ0v) is 8.81. The molecule has 5 nitrogen and oxygen atoms in total. The number of amides is 1. The van der Waals surface area contributed by atoms with Crippen molar-refractivity contribution < 1.29 is 4.79 Å². The third-order valence-electron chi connectivity index (χ3n) is 2.82. The summed E-state index contributed by atoms with van der Waals surface area (Å²) >= 11 is 0. The smallest absolute Gasteiger partial charge is 0.220 e. The topological polar surface area (TPSA) is 72.9 Å². The lowest BCUT2D eigenvalue weighted by Gasteiger charge is -2.29. The van der Waals surface area contributed by atoms with Gasteiger partial charge < -0.3 is 11.1 Å². The summed E-state index contributed by atoms with van der Waals surface area (Å²) in [5.41, 5.74) is 7.00. The van der Waals surface area contributed by atoms with Crippen LogP contribution in [0.5, 0.6) is 0 Å². The van der Waals surface area contributed by atoms with E-state index in [1.165, 1.54) is 0 Å². The molecule has 0 radical (unpaired) electrons. The number of hydrogen-bond acceptors (Lipinski definition) is 3. The molecular formula is C10H16N4O. The Morgan fingerprint density at radius 1 is 1.73 bits per heavy atom. The van der Waals surface area contributed by atoms with Crippen molar-refractivity contribution in [1.82, 2.24) is 15.1 Å². The molecular weight excluding hydrogens is 192 g/mol. The number of carbonyl (C=O) groups excluding carboxylic acids is 1. The number of carbonyl (C=O) groups is 1. The second kappa shape index (κ2) is 4.02. The molecule has 1 aromatic rings. The maximum atomic E-state index is 11.3. The maximum absolute atomic E-state index is 11.3. The SMILES string of the molecule is CCn1nccc1[C@@H]1NC(=O)CC[C@@H]1N. The van der Waals surface area contributed by atoms with Crippen LogP contribution in [0, 0.1) is 0 Å². The van der Waals surface area contributed by atoms with Crippen LogP contribution in [0.25, 0.3) is 0 Å². The molecule has 1 aliphatic heterocycles. The predicted octanol–water partition coefficient (Wildman–Crippen LogP) is 0.181. The summed E-state index contributed by atoms with van der Waals surface area (Å²) in [6, 6.07) is 1.82. The number of aryl methyl sites for hydroxylation is 1. The fourth-order valence-electron chi connectivity index (χ4n) is 1.98. The highest BCUT2D eigenvalue weighted by atomic mass is 16.1. The Kier molecular flexibility index (Phi) is 2.73. The summed E-state index contributed by atoms with van der Waals surface area (Å²) in [5, 5.41) is 7.10. The monoisotopic (exact) mass is 208 g/mol. The minimum Gasteiger partial charge on any atom is -0.346 e. The van der Waals surface area contributed by atoms with Gasteiger partial charge in [0.25, 0.3) is 0 Å². The van der Waals surface area contributed by atoms with Gasteiger partial charge in [0.2, 0.25) is 5.91 Å². The number of nitrogens with zero attached hydrogens (tertiary/aromatic N) is 2. The second-order valence-corrected chi connectivity index (χ2v) is 3.82. The van der Waals surface area contributed by atoms with Crippen LogP contribution in [0.2, 0.25) is 0 Å². The van der Waals surface area contributed by atoms with Gasteiger partial charge in [-0.25, -0.2) is 0 Å². The third-order valence-corrected chi connectivity index (χ3v) is 2.82. The number of nitrogens with two attached hydrogens (primary N) is 1. The van der Waals surface area contributed by atoms with Gasteiger partial charge in [0.15, 0.2) is 0 Å². The van der Waals surface area contributed by atoms with Crippen molar-refractivity contribution in [2.45, 2.75) is 38.4 Å². The van der Waals surface area contributed by atoms with E-state index >= 15 is 0 Å². The molecule has 1 aliphatic rings. The number of rotatable bonds is 2. The van der Waals surface area contributed by atoms with E-state index in [2.05, 4.69) is 10.4 Å². The summed E-state index contributed by atoms with van der Waals surface area (Å²) < 4.78 is 1.87. The fraction of sp³-hybridized carbons (Fsp3) is 0.600. The number of nitrogens with one attached hydrogen (secondary N) is 1. The average Bonchev–Trinajstić information content (AvgIpc) is 2.69. The zero-order chi connectivity index (χ0) is 10.8. The van der Waals surface area contributed by atoms with Gasteiger partial charge in [-0.15, -0.1) is 0 Å². The van der Waals surface area contributed by atoms with Crippen molar-refractivity contribution in [2.75, 3.05) is 0 Å². The first kappa shape index (κ1) is 10.2. The van der Waals surface area contributed by atoms with Gasteiger partial charge in [-0.1, -0.05) is 0 Å². The molecule has 1 saturated heterocycles. The van der Waals surface area contributed by atoms with Crippen LogP contribution in [0.15, 0.2) is 12.3 Å². The quantitative estimate of drug-likeness (QED) is 0.728. The lowest BCUT2D eigenvalue weighted by molar-refractivity contribution is -0.123. The van der Waals surface area contributed by atoms with Crippen LogP contribution in [-0.4, -0.2) is 21.7 Å². The normalized spacial score (nSPS) is 26.4. The molecule has 82 valence electrons. The van der Waals surface area contributed by atoms with Crippen molar-refractivity contribution >= 4 is 5.91 Å². The van der Waals surface area contributed by atoms with E-state index < -0.39 is 0 Å². The summed E-state index contributed by atoms with van der Waals surface area (Å²) in [5.74, 6) is 0.0746. The lowest BCUT2D eigenvalue weighted by Crippen LogP contribution is -2.46. The van der Waals surface area contributed by atoms with Gasteiger partial charge in [-0.2, -0.15) is 5.10 Å². The molecule has 1 amide bonds. The summed E-state index contributed by atoms with van der Waals surface area (Å²) in [6.45, 7) is 2.81. The molecule has 0 aromatic carbocycles. The van der Waals surface area contributed by atoms with Crippen LogP contribution in [0.3, 0.4) is 0 Å². The molecule has 0 aliphatic carbocycles. The van der Waals surface area contributed by atoms with Gasteiger partial charge in [-0.3, -0.25) is 9.48 Å². The Morgan fingerprint density at radius 3 is 3.27 bits per heavy atom. The molecule has 0 unspecified atom stereocenters. The first-order valence-electron chi connectivity index (χ1n) is 5.29.